The maximum absolute atomic E-state index is 12.8. The Morgan fingerprint density at radius 1 is 1.25 bits per heavy atom. The minimum atomic E-state index is -3.44. The number of aromatic nitrogens is 2. The van der Waals surface area contributed by atoms with Crippen LogP contribution in [-0.4, -0.2) is 22.5 Å². The van der Waals surface area contributed by atoms with Gasteiger partial charge in [-0.3, -0.25) is 4.68 Å². The van der Waals surface area contributed by atoms with Crippen LogP contribution in [0.4, 0.5) is 0 Å². The standard InChI is InChI=1S/C14H17N3O2S/c1-3-11-6-4-5-7-14(11)20(18,19)17-9-12-8-15-16(2)13(12)10-17/h4-8H,3,9-10H2,1-2H3. The van der Waals surface area contributed by atoms with Crippen molar-refractivity contribution in [3.63, 3.8) is 0 Å². The van der Waals surface area contributed by atoms with Gasteiger partial charge in [-0.2, -0.15) is 9.40 Å². The van der Waals surface area contributed by atoms with Crippen LogP contribution < -0.4 is 0 Å². The van der Waals surface area contributed by atoms with Crippen LogP contribution in [0, 0.1) is 0 Å². The van der Waals surface area contributed by atoms with Crippen LogP contribution in [0.1, 0.15) is 23.7 Å². The van der Waals surface area contributed by atoms with Crippen LogP contribution in [0.25, 0.3) is 0 Å². The zero-order valence-corrected chi connectivity index (χ0v) is 12.4. The molecule has 2 heterocycles. The summed E-state index contributed by atoms with van der Waals surface area (Å²) in [7, 11) is -1.60. The van der Waals surface area contributed by atoms with Crippen molar-refractivity contribution in [2.75, 3.05) is 0 Å². The molecule has 0 saturated carbocycles. The summed E-state index contributed by atoms with van der Waals surface area (Å²) in [5.41, 5.74) is 2.83. The molecule has 0 radical (unpaired) electrons. The number of nitrogens with zero attached hydrogens (tertiary/aromatic N) is 3. The van der Waals surface area contributed by atoms with Crippen LogP contribution in [0.3, 0.4) is 0 Å². The lowest BCUT2D eigenvalue weighted by atomic mass is 10.2. The summed E-state index contributed by atoms with van der Waals surface area (Å²) in [5, 5.41) is 4.16. The van der Waals surface area contributed by atoms with Gasteiger partial charge in [-0.05, 0) is 18.1 Å². The lowest BCUT2D eigenvalue weighted by Crippen LogP contribution is -2.27. The molecule has 0 N–H and O–H groups in total. The Hall–Kier alpha value is -1.66. The minimum absolute atomic E-state index is 0.395. The van der Waals surface area contributed by atoms with Gasteiger partial charge in [-0.25, -0.2) is 8.42 Å². The molecule has 3 rings (SSSR count). The van der Waals surface area contributed by atoms with E-state index in [0.717, 1.165) is 16.8 Å². The van der Waals surface area contributed by atoms with Crippen molar-refractivity contribution in [1.82, 2.24) is 14.1 Å². The predicted octanol–water partition coefficient (Wildman–Crippen LogP) is 1.69. The van der Waals surface area contributed by atoms with E-state index in [9.17, 15) is 8.42 Å². The highest BCUT2D eigenvalue weighted by molar-refractivity contribution is 7.89. The van der Waals surface area contributed by atoms with E-state index in [2.05, 4.69) is 5.10 Å². The number of fused-ring (bicyclic) bond motifs is 1. The summed E-state index contributed by atoms with van der Waals surface area (Å²) in [4.78, 5) is 0.420. The van der Waals surface area contributed by atoms with Crippen molar-refractivity contribution in [2.45, 2.75) is 31.3 Å². The second-order valence-electron chi connectivity index (χ2n) is 4.97. The summed E-state index contributed by atoms with van der Waals surface area (Å²) in [5.74, 6) is 0. The highest BCUT2D eigenvalue weighted by Crippen LogP contribution is 2.29. The molecule has 0 spiro atoms. The van der Waals surface area contributed by atoms with Crippen LogP contribution >= 0.6 is 0 Å². The Balaban J connectivity index is 1.98. The molecule has 0 aliphatic carbocycles. The Kier molecular flexibility index (Phi) is 3.14. The molecule has 0 amide bonds. The van der Waals surface area contributed by atoms with Crippen molar-refractivity contribution in [3.8, 4) is 0 Å². The van der Waals surface area contributed by atoms with Crippen LogP contribution in [0.5, 0.6) is 0 Å². The molecule has 106 valence electrons. The number of aryl methyl sites for hydroxylation is 2. The molecule has 6 heteroatoms. The molecule has 0 saturated heterocycles. The van der Waals surface area contributed by atoms with E-state index < -0.39 is 10.0 Å². The fraction of sp³-hybridized carbons (Fsp3) is 0.357. The predicted molar refractivity (Wildman–Crippen MR) is 75.5 cm³/mol. The second kappa shape index (κ2) is 4.71. The maximum atomic E-state index is 12.8. The van der Waals surface area contributed by atoms with Gasteiger partial charge >= 0.3 is 0 Å². The quantitative estimate of drug-likeness (QED) is 0.864. The van der Waals surface area contributed by atoms with Gasteiger partial charge in [0.25, 0.3) is 0 Å². The van der Waals surface area contributed by atoms with E-state index in [0.29, 0.717) is 24.4 Å². The fourth-order valence-corrected chi connectivity index (χ4v) is 4.29. The van der Waals surface area contributed by atoms with Crippen LogP contribution in [0.2, 0.25) is 0 Å². The van der Waals surface area contributed by atoms with Gasteiger partial charge in [0.2, 0.25) is 10.0 Å². The monoisotopic (exact) mass is 291 g/mol. The van der Waals surface area contributed by atoms with E-state index in [1.54, 1.807) is 23.0 Å². The van der Waals surface area contributed by atoms with E-state index >= 15 is 0 Å². The highest BCUT2D eigenvalue weighted by Gasteiger charge is 2.33. The van der Waals surface area contributed by atoms with Gasteiger partial charge in [0.15, 0.2) is 0 Å². The molecule has 0 fully saturated rings. The van der Waals surface area contributed by atoms with Gasteiger partial charge in [0, 0.05) is 19.2 Å². The zero-order valence-electron chi connectivity index (χ0n) is 11.6. The summed E-state index contributed by atoms with van der Waals surface area (Å²) >= 11 is 0. The smallest absolute Gasteiger partial charge is 0.244 e. The molecule has 0 atom stereocenters. The molecule has 20 heavy (non-hydrogen) atoms. The van der Waals surface area contributed by atoms with E-state index in [1.165, 1.54) is 4.31 Å². The number of rotatable bonds is 3. The second-order valence-corrected chi connectivity index (χ2v) is 6.88. The van der Waals surface area contributed by atoms with Gasteiger partial charge in [-0.1, -0.05) is 25.1 Å². The summed E-state index contributed by atoms with van der Waals surface area (Å²) in [6.45, 7) is 2.77. The first-order chi connectivity index (χ1) is 9.54. The van der Waals surface area contributed by atoms with Gasteiger partial charge < -0.3 is 0 Å². The molecule has 0 unspecified atom stereocenters. The summed E-state index contributed by atoms with van der Waals surface area (Å²) in [6, 6.07) is 7.21. The SMILES string of the molecule is CCc1ccccc1S(=O)(=O)N1Cc2cnn(C)c2C1. The van der Waals surface area contributed by atoms with Gasteiger partial charge in [0.05, 0.1) is 23.3 Å². The average molecular weight is 291 g/mol. The van der Waals surface area contributed by atoms with Crippen molar-refractivity contribution in [2.24, 2.45) is 7.05 Å². The van der Waals surface area contributed by atoms with E-state index in [-0.39, 0.29) is 0 Å². The fourth-order valence-electron chi connectivity index (χ4n) is 2.61. The molecule has 1 aliphatic rings. The lowest BCUT2D eigenvalue weighted by Gasteiger charge is -2.18. The lowest BCUT2D eigenvalue weighted by molar-refractivity contribution is 0.421. The zero-order chi connectivity index (χ0) is 14.3. The topological polar surface area (TPSA) is 55.2 Å². The number of hydrogen-bond donors (Lipinski definition) is 0. The minimum Gasteiger partial charge on any atom is -0.271 e. The molecule has 1 aliphatic heterocycles. The number of sulfonamides is 1. The molecular formula is C14H17N3O2S. The highest BCUT2D eigenvalue weighted by atomic mass is 32.2. The first-order valence-corrected chi connectivity index (χ1v) is 8.06. The Morgan fingerprint density at radius 3 is 2.70 bits per heavy atom. The number of benzene rings is 1. The number of hydrogen-bond acceptors (Lipinski definition) is 3. The first-order valence-electron chi connectivity index (χ1n) is 6.62. The van der Waals surface area contributed by atoms with Crippen molar-refractivity contribution in [1.29, 1.82) is 0 Å². The third-order valence-corrected chi connectivity index (χ3v) is 5.68. The molecule has 1 aromatic carbocycles. The Morgan fingerprint density at radius 2 is 2.00 bits per heavy atom. The molecular weight excluding hydrogens is 274 g/mol. The molecule has 0 bridgehead atoms. The van der Waals surface area contributed by atoms with Gasteiger partial charge in [0.1, 0.15) is 0 Å². The van der Waals surface area contributed by atoms with E-state index in [1.807, 2.05) is 26.1 Å². The average Bonchev–Trinajstić information content (AvgIpc) is 3.02. The summed E-state index contributed by atoms with van der Waals surface area (Å²) in [6.07, 6.45) is 2.45. The van der Waals surface area contributed by atoms with E-state index in [4.69, 9.17) is 0 Å². The molecule has 1 aromatic heterocycles. The van der Waals surface area contributed by atoms with Crippen molar-refractivity contribution >= 4 is 10.0 Å². The van der Waals surface area contributed by atoms with Crippen molar-refractivity contribution in [3.05, 3.63) is 47.3 Å². The Labute approximate surface area is 118 Å². The van der Waals surface area contributed by atoms with Crippen molar-refractivity contribution < 1.29 is 8.42 Å². The summed E-state index contributed by atoms with van der Waals surface area (Å²) < 4.78 is 28.8. The van der Waals surface area contributed by atoms with Gasteiger partial charge in [-0.15, -0.1) is 0 Å². The molecule has 5 nitrogen and oxygen atoms in total. The molecule has 2 aromatic rings. The third-order valence-electron chi connectivity index (χ3n) is 3.79. The van der Waals surface area contributed by atoms with Crippen LogP contribution in [0.15, 0.2) is 35.4 Å². The maximum Gasteiger partial charge on any atom is 0.244 e. The third kappa shape index (κ3) is 1.96. The normalized spacial score (nSPS) is 15.5. The first kappa shape index (κ1) is 13.3. The van der Waals surface area contributed by atoms with Crippen LogP contribution in [-0.2, 0) is 36.6 Å². The largest absolute Gasteiger partial charge is 0.271 e. The Bertz CT molecular complexity index is 750.